The van der Waals surface area contributed by atoms with Gasteiger partial charge < -0.3 is 15.2 Å². The van der Waals surface area contributed by atoms with E-state index in [0.717, 1.165) is 31.4 Å². The topological polar surface area (TPSA) is 61.6 Å². The van der Waals surface area contributed by atoms with Crippen molar-refractivity contribution in [2.75, 3.05) is 18.9 Å². The molecule has 0 amide bonds. The second-order valence-electron chi connectivity index (χ2n) is 4.52. The van der Waals surface area contributed by atoms with Crippen LogP contribution in [0.4, 0.5) is 5.69 Å². The maximum atomic E-state index is 11.6. The van der Waals surface area contributed by atoms with Crippen LogP contribution in [0.1, 0.15) is 24.8 Å². The van der Waals surface area contributed by atoms with Crippen molar-refractivity contribution in [1.82, 2.24) is 0 Å². The van der Waals surface area contributed by atoms with Crippen LogP contribution in [0.3, 0.4) is 0 Å². The highest BCUT2D eigenvalue weighted by molar-refractivity contribution is 5.74. The summed E-state index contributed by atoms with van der Waals surface area (Å²) in [5, 5.41) is 0. The number of nitrogen functional groups attached to an aromatic ring is 1. The van der Waals surface area contributed by atoms with Crippen LogP contribution in [0.5, 0.6) is 0 Å². The van der Waals surface area contributed by atoms with E-state index in [2.05, 4.69) is 0 Å². The summed E-state index contributed by atoms with van der Waals surface area (Å²) in [5.74, 6) is -0.231. The maximum Gasteiger partial charge on any atom is 0.310 e. The number of benzene rings is 1. The normalized spacial score (nSPS) is 18.8. The molecule has 1 aliphatic heterocycles. The lowest BCUT2D eigenvalue weighted by Gasteiger charge is -2.10. The molecule has 2 N–H and O–H groups in total. The Kier molecular flexibility index (Phi) is 4.59. The molecule has 1 aliphatic rings. The van der Waals surface area contributed by atoms with E-state index in [-0.39, 0.29) is 18.5 Å². The number of carbonyl (C=O) groups is 1. The Balaban J connectivity index is 1.70. The molecular weight excluding hydrogens is 230 g/mol. The molecule has 0 spiro atoms. The summed E-state index contributed by atoms with van der Waals surface area (Å²) in [6.45, 7) is 1.26. The number of esters is 1. The molecule has 0 radical (unpaired) electrons. The van der Waals surface area contributed by atoms with Crippen LogP contribution in [-0.4, -0.2) is 25.3 Å². The molecule has 1 fully saturated rings. The number of rotatable bonds is 5. The fourth-order valence-corrected chi connectivity index (χ4v) is 2.08. The molecule has 2 rings (SSSR count). The Bertz CT molecular complexity index is 400. The predicted octanol–water partition coefficient (Wildman–Crippen LogP) is 1.92. The number of anilines is 1. The van der Waals surface area contributed by atoms with E-state index in [9.17, 15) is 4.79 Å². The minimum absolute atomic E-state index is 0.231. The van der Waals surface area contributed by atoms with Gasteiger partial charge in [-0.1, -0.05) is 18.2 Å². The van der Waals surface area contributed by atoms with Gasteiger partial charge >= 0.3 is 5.97 Å². The number of carbonyl (C=O) groups excluding carboxylic acids is 1. The minimum Gasteiger partial charge on any atom is -0.465 e. The van der Waals surface area contributed by atoms with E-state index < -0.39 is 0 Å². The molecule has 0 aliphatic carbocycles. The van der Waals surface area contributed by atoms with Gasteiger partial charge in [-0.25, -0.2) is 0 Å². The monoisotopic (exact) mass is 249 g/mol. The van der Waals surface area contributed by atoms with Crippen LogP contribution in [-0.2, 0) is 20.7 Å². The van der Waals surface area contributed by atoms with Crippen molar-refractivity contribution in [3.63, 3.8) is 0 Å². The lowest BCUT2D eigenvalue weighted by atomic mass is 10.1. The van der Waals surface area contributed by atoms with E-state index in [1.54, 1.807) is 6.07 Å². The standard InChI is InChI=1S/C14H19NO3/c15-13-6-2-1-4-11(13)10-14(16)18-9-7-12-5-3-8-17-12/h1-2,4,6,12H,3,5,7-10,15H2. The first-order chi connectivity index (χ1) is 8.75. The Morgan fingerprint density at radius 3 is 3.00 bits per heavy atom. The third-order valence-electron chi connectivity index (χ3n) is 3.12. The van der Waals surface area contributed by atoms with Crippen LogP contribution >= 0.6 is 0 Å². The highest BCUT2D eigenvalue weighted by atomic mass is 16.5. The number of para-hydroxylation sites is 1. The van der Waals surface area contributed by atoms with Gasteiger partial charge in [0, 0.05) is 18.7 Å². The van der Waals surface area contributed by atoms with Crippen LogP contribution < -0.4 is 5.73 Å². The van der Waals surface area contributed by atoms with E-state index in [0.29, 0.717) is 12.3 Å². The van der Waals surface area contributed by atoms with Gasteiger partial charge in [0.2, 0.25) is 0 Å². The van der Waals surface area contributed by atoms with Gasteiger partial charge in [0.1, 0.15) is 0 Å². The van der Waals surface area contributed by atoms with Gasteiger partial charge in [0.15, 0.2) is 0 Å². The molecule has 1 atom stereocenters. The summed E-state index contributed by atoms with van der Waals surface area (Å²) in [4.78, 5) is 11.6. The first-order valence-electron chi connectivity index (χ1n) is 6.36. The zero-order valence-corrected chi connectivity index (χ0v) is 10.4. The van der Waals surface area contributed by atoms with Gasteiger partial charge in [-0.3, -0.25) is 4.79 Å². The number of hydrogen-bond acceptors (Lipinski definition) is 4. The Morgan fingerprint density at radius 1 is 1.44 bits per heavy atom. The van der Waals surface area contributed by atoms with Gasteiger partial charge in [-0.15, -0.1) is 0 Å². The third-order valence-corrected chi connectivity index (χ3v) is 3.12. The molecule has 98 valence electrons. The Labute approximate surface area is 107 Å². The molecule has 4 nitrogen and oxygen atoms in total. The molecule has 1 unspecified atom stereocenters. The molecule has 18 heavy (non-hydrogen) atoms. The quantitative estimate of drug-likeness (QED) is 0.639. The van der Waals surface area contributed by atoms with Crippen LogP contribution in [0.2, 0.25) is 0 Å². The van der Waals surface area contributed by atoms with E-state index >= 15 is 0 Å². The second kappa shape index (κ2) is 6.40. The summed E-state index contributed by atoms with van der Waals surface area (Å²) in [5.41, 5.74) is 7.22. The maximum absolute atomic E-state index is 11.6. The van der Waals surface area contributed by atoms with Crippen molar-refractivity contribution in [3.8, 4) is 0 Å². The average molecular weight is 249 g/mol. The smallest absolute Gasteiger partial charge is 0.310 e. The third kappa shape index (κ3) is 3.74. The highest BCUT2D eigenvalue weighted by Gasteiger charge is 2.16. The number of ether oxygens (including phenoxy) is 2. The highest BCUT2D eigenvalue weighted by Crippen LogP contribution is 2.15. The SMILES string of the molecule is Nc1ccccc1CC(=O)OCCC1CCCO1. The van der Waals surface area contributed by atoms with Gasteiger partial charge in [0.25, 0.3) is 0 Å². The molecule has 1 aromatic carbocycles. The largest absolute Gasteiger partial charge is 0.465 e. The summed E-state index contributed by atoms with van der Waals surface area (Å²) in [6.07, 6.45) is 3.47. The second-order valence-corrected chi connectivity index (χ2v) is 4.52. The summed E-state index contributed by atoms with van der Waals surface area (Å²) >= 11 is 0. The average Bonchev–Trinajstić information content (AvgIpc) is 2.85. The molecule has 0 bridgehead atoms. The van der Waals surface area contributed by atoms with Crippen LogP contribution in [0.15, 0.2) is 24.3 Å². The number of hydrogen-bond donors (Lipinski definition) is 1. The molecule has 1 aromatic rings. The van der Waals surface area contributed by atoms with E-state index in [4.69, 9.17) is 15.2 Å². The van der Waals surface area contributed by atoms with Crippen molar-refractivity contribution in [1.29, 1.82) is 0 Å². The Morgan fingerprint density at radius 2 is 2.28 bits per heavy atom. The van der Waals surface area contributed by atoms with Crippen molar-refractivity contribution in [3.05, 3.63) is 29.8 Å². The Hall–Kier alpha value is -1.55. The molecule has 1 heterocycles. The lowest BCUT2D eigenvalue weighted by Crippen LogP contribution is -2.14. The summed E-state index contributed by atoms with van der Waals surface area (Å²) < 4.78 is 10.6. The molecule has 4 heteroatoms. The molecule has 1 saturated heterocycles. The minimum atomic E-state index is -0.231. The zero-order valence-electron chi connectivity index (χ0n) is 10.4. The van der Waals surface area contributed by atoms with Crippen molar-refractivity contribution < 1.29 is 14.3 Å². The fourth-order valence-electron chi connectivity index (χ4n) is 2.08. The van der Waals surface area contributed by atoms with Crippen molar-refractivity contribution in [2.45, 2.75) is 31.8 Å². The molecular formula is C14H19NO3. The van der Waals surface area contributed by atoms with Gasteiger partial charge in [0.05, 0.1) is 19.1 Å². The molecule has 0 saturated carbocycles. The first-order valence-corrected chi connectivity index (χ1v) is 6.36. The van der Waals surface area contributed by atoms with Crippen molar-refractivity contribution in [2.24, 2.45) is 0 Å². The van der Waals surface area contributed by atoms with E-state index in [1.165, 1.54) is 0 Å². The van der Waals surface area contributed by atoms with Crippen molar-refractivity contribution >= 4 is 11.7 Å². The zero-order chi connectivity index (χ0) is 12.8. The summed E-state index contributed by atoms with van der Waals surface area (Å²) in [7, 11) is 0. The van der Waals surface area contributed by atoms with Gasteiger partial charge in [-0.05, 0) is 24.5 Å². The van der Waals surface area contributed by atoms with Crippen LogP contribution in [0.25, 0.3) is 0 Å². The number of nitrogens with two attached hydrogens (primary N) is 1. The predicted molar refractivity (Wildman–Crippen MR) is 69.1 cm³/mol. The first kappa shape index (κ1) is 12.9. The van der Waals surface area contributed by atoms with Crippen LogP contribution in [0, 0.1) is 0 Å². The molecule has 0 aromatic heterocycles. The lowest BCUT2D eigenvalue weighted by molar-refractivity contribution is -0.143. The fraction of sp³-hybridized carbons (Fsp3) is 0.500. The van der Waals surface area contributed by atoms with E-state index in [1.807, 2.05) is 18.2 Å². The summed E-state index contributed by atoms with van der Waals surface area (Å²) in [6, 6.07) is 7.35. The van der Waals surface area contributed by atoms with Gasteiger partial charge in [-0.2, -0.15) is 0 Å².